The molecule has 32 heavy (non-hydrogen) atoms. The summed E-state index contributed by atoms with van der Waals surface area (Å²) in [5.74, 6) is -0.831. The first-order chi connectivity index (χ1) is 15.2. The number of pyridine rings is 1. The number of halogens is 1. The van der Waals surface area contributed by atoms with Crippen molar-refractivity contribution in [3.05, 3.63) is 60.2 Å². The molecule has 0 saturated heterocycles. The van der Waals surface area contributed by atoms with E-state index in [2.05, 4.69) is 0 Å². The number of carboxylic acids is 1. The van der Waals surface area contributed by atoms with E-state index in [4.69, 9.17) is 20.2 Å². The monoisotopic (exact) mass is 472 g/mol. The summed E-state index contributed by atoms with van der Waals surface area (Å²) in [5.41, 5.74) is 2.21. The van der Waals surface area contributed by atoms with Gasteiger partial charge in [-0.2, -0.15) is 4.57 Å². The molecule has 164 valence electrons. The summed E-state index contributed by atoms with van der Waals surface area (Å²) in [5, 5.41) is 11.2. The van der Waals surface area contributed by atoms with Crippen LogP contribution in [0.3, 0.4) is 0 Å². The highest BCUT2D eigenvalue weighted by atomic mass is 35.7. The lowest BCUT2D eigenvalue weighted by Crippen LogP contribution is -2.31. The lowest BCUT2D eigenvalue weighted by molar-refractivity contribution is -0.617. The Morgan fingerprint density at radius 3 is 2.28 bits per heavy atom. The third-order valence-corrected chi connectivity index (χ3v) is 6.79. The van der Waals surface area contributed by atoms with Gasteiger partial charge in [0.25, 0.3) is 9.05 Å². The molecule has 0 radical (unpaired) electrons. The molecule has 1 heterocycles. The number of aromatic carboxylic acids is 1. The number of carbonyl (C=O) groups is 1. The fourth-order valence-electron chi connectivity index (χ4n) is 4.12. The van der Waals surface area contributed by atoms with Gasteiger partial charge in [0.05, 0.1) is 36.1 Å². The van der Waals surface area contributed by atoms with Gasteiger partial charge < -0.3 is 14.6 Å². The molecule has 0 fully saturated rings. The minimum atomic E-state index is -4.15. The molecule has 4 aromatic rings. The van der Waals surface area contributed by atoms with Crippen LogP contribution in [0, 0.1) is 0 Å². The molecular weight excluding hydrogens is 454 g/mol. The van der Waals surface area contributed by atoms with E-state index in [9.17, 15) is 18.3 Å². The largest absolute Gasteiger partial charge is 0.496 e. The highest BCUT2D eigenvalue weighted by Gasteiger charge is 2.29. The van der Waals surface area contributed by atoms with Crippen LogP contribution in [0.1, 0.15) is 10.4 Å². The summed E-state index contributed by atoms with van der Waals surface area (Å²) in [6.45, 7) is 0. The fraction of sp³-hybridized carbons (Fsp3) is 0.130. The average Bonchev–Trinajstić information content (AvgIpc) is 2.77. The molecule has 0 aliphatic carbocycles. The van der Waals surface area contributed by atoms with Gasteiger partial charge in [-0.25, -0.2) is 13.2 Å². The molecule has 0 spiro atoms. The number of hydrogen-bond acceptors (Lipinski definition) is 5. The number of aryl methyl sites for hydroxylation is 1. The van der Waals surface area contributed by atoms with E-state index in [1.165, 1.54) is 26.4 Å². The van der Waals surface area contributed by atoms with Gasteiger partial charge in [-0.15, -0.1) is 0 Å². The Labute approximate surface area is 188 Å². The van der Waals surface area contributed by atoms with Crippen LogP contribution in [0.4, 0.5) is 0 Å². The maximum atomic E-state index is 12.5. The molecule has 1 aromatic heterocycles. The number of hydrogen-bond donors (Lipinski definition) is 1. The van der Waals surface area contributed by atoms with Gasteiger partial charge >= 0.3 is 5.97 Å². The Kier molecular flexibility index (Phi) is 5.44. The summed E-state index contributed by atoms with van der Waals surface area (Å²) in [4.78, 5) is 12.2. The molecule has 0 atom stereocenters. The number of benzene rings is 3. The molecule has 0 saturated carbocycles. The van der Waals surface area contributed by atoms with Crippen molar-refractivity contribution in [3.63, 3.8) is 0 Å². The molecule has 3 aromatic carbocycles. The molecule has 4 rings (SSSR count). The van der Waals surface area contributed by atoms with Crippen LogP contribution in [0.5, 0.6) is 11.5 Å². The predicted octanol–water partition coefficient (Wildman–Crippen LogP) is 4.13. The lowest BCUT2D eigenvalue weighted by atomic mass is 9.93. The topological polar surface area (TPSA) is 93.8 Å². The Morgan fingerprint density at radius 1 is 0.969 bits per heavy atom. The summed E-state index contributed by atoms with van der Waals surface area (Å²) < 4.78 is 37.3. The first kappa shape index (κ1) is 21.9. The van der Waals surface area contributed by atoms with E-state index < -0.39 is 15.0 Å². The second-order valence-electron chi connectivity index (χ2n) is 7.07. The molecule has 9 heteroatoms. The summed E-state index contributed by atoms with van der Waals surface area (Å²) in [6, 6.07) is 15.2. The second kappa shape index (κ2) is 7.96. The predicted molar refractivity (Wildman–Crippen MR) is 121 cm³/mol. The van der Waals surface area contributed by atoms with E-state index >= 15 is 0 Å². The van der Waals surface area contributed by atoms with Gasteiger partial charge in [0, 0.05) is 28.4 Å². The molecule has 0 bridgehead atoms. The maximum absolute atomic E-state index is 12.5. The number of carboxylic acid groups (broad SMARTS) is 1. The number of aromatic nitrogens is 1. The van der Waals surface area contributed by atoms with Crippen molar-refractivity contribution < 1.29 is 32.4 Å². The van der Waals surface area contributed by atoms with Crippen LogP contribution in [0.2, 0.25) is 0 Å². The number of rotatable bonds is 5. The third-order valence-electron chi connectivity index (χ3n) is 5.44. The van der Waals surface area contributed by atoms with Crippen molar-refractivity contribution in [2.24, 2.45) is 7.05 Å². The van der Waals surface area contributed by atoms with E-state index in [1.807, 2.05) is 23.7 Å². The zero-order chi connectivity index (χ0) is 23.2. The average molecular weight is 473 g/mol. The Morgan fingerprint density at radius 2 is 1.66 bits per heavy atom. The van der Waals surface area contributed by atoms with Gasteiger partial charge in [0.2, 0.25) is 11.0 Å². The van der Waals surface area contributed by atoms with Crippen molar-refractivity contribution in [1.29, 1.82) is 0 Å². The van der Waals surface area contributed by atoms with E-state index in [0.717, 1.165) is 5.52 Å². The molecular formula is C23H19ClNO6S+. The van der Waals surface area contributed by atoms with E-state index in [1.54, 1.807) is 30.3 Å². The van der Waals surface area contributed by atoms with Crippen molar-refractivity contribution in [3.8, 4) is 22.6 Å². The van der Waals surface area contributed by atoms with Crippen molar-refractivity contribution in [2.75, 3.05) is 14.2 Å². The molecule has 0 unspecified atom stereocenters. The van der Waals surface area contributed by atoms with Gasteiger partial charge in [0.1, 0.15) is 23.4 Å². The third kappa shape index (κ3) is 3.32. The fourth-order valence-corrected chi connectivity index (χ4v) is 5.12. The number of ether oxygens (including phenoxy) is 2. The SMILES string of the molecule is COc1ccc(S(=O)(=O)Cl)c(OC)c1-c1cccc2c1c(C(=O)O)c1ccccc1[n+]2C. The lowest BCUT2D eigenvalue weighted by Gasteiger charge is -2.18. The minimum absolute atomic E-state index is 0.0287. The number of methoxy groups -OCH3 is 2. The standard InChI is InChI=1S/C23H18ClNO6S/c1-25-15-9-5-4-7-13(15)21(23(26)27)19-14(8-6-10-16(19)25)20-17(30-2)11-12-18(22(20)31-3)32(24,28)29/h4-12H,1-3H3/p+1. The van der Waals surface area contributed by atoms with Gasteiger partial charge in [-0.3, -0.25) is 0 Å². The number of para-hydroxylation sites is 1. The molecule has 0 aliphatic rings. The van der Waals surface area contributed by atoms with Crippen molar-refractivity contribution in [1.82, 2.24) is 0 Å². The van der Waals surface area contributed by atoms with Crippen LogP contribution in [-0.2, 0) is 16.1 Å². The van der Waals surface area contributed by atoms with Gasteiger partial charge in [-0.1, -0.05) is 24.3 Å². The Hall–Kier alpha value is -3.36. The number of fused-ring (bicyclic) bond motifs is 2. The molecule has 1 N–H and O–H groups in total. The summed E-state index contributed by atoms with van der Waals surface area (Å²) in [6.07, 6.45) is 0. The van der Waals surface area contributed by atoms with Crippen LogP contribution >= 0.6 is 10.7 Å². The smallest absolute Gasteiger partial charge is 0.337 e. The van der Waals surface area contributed by atoms with E-state index in [-0.39, 0.29) is 16.2 Å². The Balaban J connectivity index is 2.30. The number of nitrogens with zero attached hydrogens (tertiary/aromatic N) is 1. The zero-order valence-electron chi connectivity index (χ0n) is 17.4. The van der Waals surface area contributed by atoms with Gasteiger partial charge in [0.15, 0.2) is 0 Å². The van der Waals surface area contributed by atoms with Crippen molar-refractivity contribution >= 4 is 47.5 Å². The van der Waals surface area contributed by atoms with Crippen LogP contribution in [0.25, 0.3) is 32.9 Å². The highest BCUT2D eigenvalue weighted by molar-refractivity contribution is 8.13. The summed E-state index contributed by atoms with van der Waals surface area (Å²) >= 11 is 0. The van der Waals surface area contributed by atoms with Crippen LogP contribution < -0.4 is 14.0 Å². The maximum Gasteiger partial charge on any atom is 0.337 e. The molecule has 0 amide bonds. The minimum Gasteiger partial charge on any atom is -0.496 e. The quantitative estimate of drug-likeness (QED) is 0.267. The van der Waals surface area contributed by atoms with E-state index in [0.29, 0.717) is 33.2 Å². The van der Waals surface area contributed by atoms with Crippen LogP contribution in [0.15, 0.2) is 59.5 Å². The Bertz CT molecular complexity index is 1510. The zero-order valence-corrected chi connectivity index (χ0v) is 19.0. The first-order valence-corrected chi connectivity index (χ1v) is 11.8. The normalized spacial score (nSPS) is 11.6. The molecule has 0 aliphatic heterocycles. The summed E-state index contributed by atoms with van der Waals surface area (Å²) in [7, 11) is 6.10. The van der Waals surface area contributed by atoms with Gasteiger partial charge in [-0.05, 0) is 18.2 Å². The highest BCUT2D eigenvalue weighted by Crippen LogP contribution is 2.46. The molecule has 7 nitrogen and oxygen atoms in total. The first-order valence-electron chi connectivity index (χ1n) is 9.47. The second-order valence-corrected chi connectivity index (χ2v) is 9.60. The van der Waals surface area contributed by atoms with Crippen LogP contribution in [-0.4, -0.2) is 33.7 Å². The van der Waals surface area contributed by atoms with Crippen molar-refractivity contribution in [2.45, 2.75) is 4.90 Å².